The van der Waals surface area contributed by atoms with Gasteiger partial charge in [-0.25, -0.2) is 8.42 Å². The molecule has 2 aromatic carbocycles. The van der Waals surface area contributed by atoms with Crippen LogP contribution in [-0.4, -0.2) is 36.4 Å². The maximum absolute atomic E-state index is 11.7. The van der Waals surface area contributed by atoms with E-state index >= 15 is 0 Å². The van der Waals surface area contributed by atoms with Gasteiger partial charge in [-0.1, -0.05) is 6.07 Å². The van der Waals surface area contributed by atoms with Crippen LogP contribution in [0.25, 0.3) is 5.69 Å². The van der Waals surface area contributed by atoms with E-state index in [1.165, 1.54) is 0 Å². The first-order valence-corrected chi connectivity index (χ1v) is 14.0. The van der Waals surface area contributed by atoms with E-state index < -0.39 is 10.0 Å². The molecule has 3 heterocycles. The van der Waals surface area contributed by atoms with Gasteiger partial charge in [0.1, 0.15) is 11.8 Å². The van der Waals surface area contributed by atoms with Gasteiger partial charge in [-0.3, -0.25) is 9.71 Å². The van der Waals surface area contributed by atoms with E-state index in [0.717, 1.165) is 40.5 Å². The smallest absolute Gasteiger partial charge is 0.229 e. The van der Waals surface area contributed by atoms with E-state index in [0.29, 0.717) is 10.8 Å². The van der Waals surface area contributed by atoms with Crippen LogP contribution in [-0.2, 0) is 10.0 Å². The minimum absolute atomic E-state index is 0.214. The summed E-state index contributed by atoms with van der Waals surface area (Å²) in [4.78, 5) is 6.70. The summed E-state index contributed by atoms with van der Waals surface area (Å²) in [5, 5.41) is 4.04. The molecule has 0 bridgehead atoms. The molecule has 5 rings (SSSR count). The number of rotatable bonds is 7. The topological polar surface area (TPSA) is 88.5 Å². The zero-order chi connectivity index (χ0) is 26.2. The third kappa shape index (κ3) is 5.03. The maximum atomic E-state index is 11.7. The molecule has 4 aromatic rings. The summed E-state index contributed by atoms with van der Waals surface area (Å²) >= 11 is 5.85. The normalized spacial score (nSPS) is 17.5. The van der Waals surface area contributed by atoms with Crippen LogP contribution in [0.15, 0.2) is 85.1 Å². The number of ether oxygens (including phenoxy) is 1. The Morgan fingerprint density at radius 1 is 0.973 bits per heavy atom. The van der Waals surface area contributed by atoms with Crippen molar-refractivity contribution < 1.29 is 13.2 Å². The number of anilines is 2. The Kier molecular flexibility index (Phi) is 6.61. The van der Waals surface area contributed by atoms with Crippen LogP contribution >= 0.6 is 12.2 Å². The largest absolute Gasteiger partial charge is 0.497 e. The molecule has 2 aromatic heterocycles. The zero-order valence-corrected chi connectivity index (χ0v) is 22.3. The van der Waals surface area contributed by atoms with Crippen molar-refractivity contribution in [2.24, 2.45) is 0 Å². The number of pyridine rings is 1. The number of hydrogen-bond acceptors (Lipinski definition) is 5. The Labute approximate surface area is 222 Å². The maximum Gasteiger partial charge on any atom is 0.229 e. The minimum Gasteiger partial charge on any atom is -0.497 e. The SMILES string of the molecule is COc1ccc(-n2c(C)ccc2[C@H]2[C@@H](c3ccccn3)NC(=S)N2c2ccc(NS(C)(=O)=O)cc2)cc1. The molecule has 0 aliphatic carbocycles. The number of nitrogens with one attached hydrogen (secondary N) is 2. The molecule has 0 amide bonds. The second kappa shape index (κ2) is 9.87. The van der Waals surface area contributed by atoms with E-state index in [1.807, 2.05) is 54.6 Å². The molecular weight excluding hydrogens is 506 g/mol. The van der Waals surface area contributed by atoms with Crippen molar-refractivity contribution in [2.45, 2.75) is 19.0 Å². The van der Waals surface area contributed by atoms with E-state index in [-0.39, 0.29) is 12.1 Å². The summed E-state index contributed by atoms with van der Waals surface area (Å²) in [5.74, 6) is 0.787. The summed E-state index contributed by atoms with van der Waals surface area (Å²) in [7, 11) is -1.73. The van der Waals surface area contributed by atoms with Crippen LogP contribution in [0.3, 0.4) is 0 Å². The fraction of sp³-hybridized carbons (Fsp3) is 0.185. The lowest BCUT2D eigenvalue weighted by Gasteiger charge is -2.29. The van der Waals surface area contributed by atoms with Gasteiger partial charge in [-0.2, -0.15) is 0 Å². The second-order valence-corrected chi connectivity index (χ2v) is 11.0. The summed E-state index contributed by atoms with van der Waals surface area (Å²) in [6, 6.07) is 24.7. The van der Waals surface area contributed by atoms with Crippen molar-refractivity contribution in [1.29, 1.82) is 0 Å². The summed E-state index contributed by atoms with van der Waals surface area (Å²) in [6.45, 7) is 2.07. The van der Waals surface area contributed by atoms with E-state index in [9.17, 15) is 8.42 Å². The number of thiocarbonyl (C=S) groups is 1. The number of aryl methyl sites for hydroxylation is 1. The van der Waals surface area contributed by atoms with Gasteiger partial charge in [-0.05, 0) is 91.9 Å². The van der Waals surface area contributed by atoms with Crippen molar-refractivity contribution in [3.05, 3.63) is 102 Å². The molecule has 0 spiro atoms. The highest BCUT2D eigenvalue weighted by Crippen LogP contribution is 2.43. The van der Waals surface area contributed by atoms with Crippen molar-refractivity contribution in [3.8, 4) is 11.4 Å². The molecule has 2 atom stereocenters. The highest BCUT2D eigenvalue weighted by atomic mass is 32.2. The van der Waals surface area contributed by atoms with Crippen LogP contribution in [0.2, 0.25) is 0 Å². The Hall–Kier alpha value is -3.89. The number of aromatic nitrogens is 2. The van der Waals surface area contributed by atoms with Crippen molar-refractivity contribution in [3.63, 3.8) is 0 Å². The first-order valence-electron chi connectivity index (χ1n) is 11.7. The first kappa shape index (κ1) is 24.8. The summed E-state index contributed by atoms with van der Waals surface area (Å²) in [6.07, 6.45) is 2.91. The Bertz CT molecular complexity index is 1520. The van der Waals surface area contributed by atoms with Crippen molar-refractivity contribution >= 4 is 38.7 Å². The molecule has 37 heavy (non-hydrogen) atoms. The second-order valence-electron chi connectivity index (χ2n) is 8.85. The third-order valence-corrected chi connectivity index (χ3v) is 7.21. The van der Waals surface area contributed by atoms with Crippen LogP contribution in [0.1, 0.15) is 29.2 Å². The Morgan fingerprint density at radius 3 is 2.30 bits per heavy atom. The van der Waals surface area contributed by atoms with Crippen LogP contribution < -0.4 is 19.7 Å². The molecule has 8 nitrogen and oxygen atoms in total. The van der Waals surface area contributed by atoms with Gasteiger partial charge in [0.05, 0.1) is 25.1 Å². The average molecular weight is 534 g/mol. The standard InChI is InChI=1S/C27H27N5O3S2/c1-18-7-16-24(31(18)20-12-14-22(35-2)15-13-20)26-25(23-6-4-5-17-28-23)29-27(36)32(26)21-10-8-19(9-11-21)30-37(3,33)34/h4-17,25-26,30H,1-3H3,(H,29,36)/t25-,26+/m1/s1. The predicted molar refractivity (Wildman–Crippen MR) is 150 cm³/mol. The molecule has 0 unspecified atom stereocenters. The van der Waals surface area contributed by atoms with Crippen molar-refractivity contribution in [2.75, 3.05) is 23.0 Å². The van der Waals surface area contributed by atoms with Gasteiger partial charge in [0.2, 0.25) is 10.0 Å². The third-order valence-electron chi connectivity index (χ3n) is 6.29. The highest BCUT2D eigenvalue weighted by molar-refractivity contribution is 7.92. The van der Waals surface area contributed by atoms with Crippen LogP contribution in [0.5, 0.6) is 5.75 Å². The monoisotopic (exact) mass is 533 g/mol. The zero-order valence-electron chi connectivity index (χ0n) is 20.6. The Balaban J connectivity index is 1.62. The number of methoxy groups -OCH3 is 1. The molecule has 10 heteroatoms. The molecular formula is C27H27N5O3S2. The number of hydrogen-bond donors (Lipinski definition) is 2. The van der Waals surface area contributed by atoms with Crippen molar-refractivity contribution in [1.82, 2.24) is 14.9 Å². The summed E-state index contributed by atoms with van der Waals surface area (Å²) < 4.78 is 33.4. The molecule has 0 saturated carbocycles. The minimum atomic E-state index is -3.38. The number of sulfonamides is 1. The van der Waals surface area contributed by atoms with Gasteiger partial charge < -0.3 is 19.5 Å². The molecule has 1 aliphatic heterocycles. The van der Waals surface area contributed by atoms with Crippen LogP contribution in [0.4, 0.5) is 11.4 Å². The lowest BCUT2D eigenvalue weighted by Crippen LogP contribution is -2.30. The van der Waals surface area contributed by atoms with Gasteiger partial charge in [0.15, 0.2) is 5.11 Å². The van der Waals surface area contributed by atoms with Gasteiger partial charge >= 0.3 is 0 Å². The first-order chi connectivity index (χ1) is 17.7. The summed E-state index contributed by atoms with van der Waals surface area (Å²) in [5.41, 5.74) is 5.30. The fourth-order valence-corrected chi connectivity index (χ4v) is 5.62. The molecule has 1 saturated heterocycles. The Morgan fingerprint density at radius 2 is 1.68 bits per heavy atom. The number of benzene rings is 2. The molecule has 1 fully saturated rings. The van der Waals surface area contributed by atoms with Gasteiger partial charge in [-0.15, -0.1) is 0 Å². The number of nitrogens with zero attached hydrogens (tertiary/aromatic N) is 3. The molecule has 0 radical (unpaired) electrons. The lowest BCUT2D eigenvalue weighted by atomic mass is 10.0. The molecule has 2 N–H and O–H groups in total. The van der Waals surface area contributed by atoms with Gasteiger partial charge in [0.25, 0.3) is 0 Å². The predicted octanol–water partition coefficient (Wildman–Crippen LogP) is 4.74. The van der Waals surface area contributed by atoms with Crippen LogP contribution in [0, 0.1) is 6.92 Å². The van der Waals surface area contributed by atoms with E-state index in [1.54, 1.807) is 25.4 Å². The van der Waals surface area contributed by atoms with E-state index in [2.05, 4.69) is 43.5 Å². The average Bonchev–Trinajstić information content (AvgIpc) is 3.43. The molecule has 190 valence electrons. The van der Waals surface area contributed by atoms with E-state index in [4.69, 9.17) is 17.0 Å². The van der Waals surface area contributed by atoms with Gasteiger partial charge in [0, 0.05) is 34.6 Å². The highest BCUT2D eigenvalue weighted by Gasteiger charge is 2.42. The fourth-order valence-electron chi connectivity index (χ4n) is 4.71. The lowest BCUT2D eigenvalue weighted by molar-refractivity contribution is 0.414. The molecule has 1 aliphatic rings. The quantitative estimate of drug-likeness (QED) is 0.332.